The van der Waals surface area contributed by atoms with E-state index in [0.717, 1.165) is 6.42 Å². The molecule has 0 aliphatic heterocycles. The SMILES string of the molecule is CCCOCCCC(=O)COC(=O)C(C)OC. The molecule has 100 valence electrons. The molecule has 0 aromatic heterocycles. The first-order valence-electron chi connectivity index (χ1n) is 5.90. The summed E-state index contributed by atoms with van der Waals surface area (Å²) in [7, 11) is 1.42. The number of Topliss-reactive ketones (excluding diaryl/α,β-unsaturated/α-hetero) is 1. The highest BCUT2D eigenvalue weighted by Crippen LogP contribution is 1.97. The Morgan fingerprint density at radius 1 is 1.24 bits per heavy atom. The van der Waals surface area contributed by atoms with E-state index in [1.807, 2.05) is 6.92 Å². The zero-order chi connectivity index (χ0) is 13.1. The van der Waals surface area contributed by atoms with E-state index < -0.39 is 12.1 Å². The van der Waals surface area contributed by atoms with Crippen LogP contribution in [-0.2, 0) is 23.8 Å². The maximum absolute atomic E-state index is 11.3. The number of rotatable bonds is 10. The molecule has 0 aliphatic carbocycles. The zero-order valence-electron chi connectivity index (χ0n) is 10.9. The number of ketones is 1. The van der Waals surface area contributed by atoms with Gasteiger partial charge >= 0.3 is 5.97 Å². The number of esters is 1. The molecule has 0 fully saturated rings. The first-order chi connectivity index (χ1) is 8.11. The lowest BCUT2D eigenvalue weighted by Gasteiger charge is -2.09. The fraction of sp³-hybridized carbons (Fsp3) is 0.833. The second kappa shape index (κ2) is 10.2. The Bertz CT molecular complexity index is 227. The fourth-order valence-electron chi connectivity index (χ4n) is 1.06. The number of hydrogen-bond donors (Lipinski definition) is 0. The van der Waals surface area contributed by atoms with Crippen LogP contribution < -0.4 is 0 Å². The average Bonchev–Trinajstić information content (AvgIpc) is 2.34. The molecule has 0 aromatic rings. The monoisotopic (exact) mass is 246 g/mol. The molecule has 0 spiro atoms. The highest BCUT2D eigenvalue weighted by atomic mass is 16.6. The van der Waals surface area contributed by atoms with Gasteiger partial charge in [0.05, 0.1) is 0 Å². The largest absolute Gasteiger partial charge is 0.456 e. The molecule has 0 saturated heterocycles. The van der Waals surface area contributed by atoms with Gasteiger partial charge in [0.2, 0.25) is 0 Å². The topological polar surface area (TPSA) is 61.8 Å². The molecule has 17 heavy (non-hydrogen) atoms. The lowest BCUT2D eigenvalue weighted by atomic mass is 10.2. The Kier molecular flexibility index (Phi) is 9.66. The van der Waals surface area contributed by atoms with Crippen LogP contribution in [0.4, 0.5) is 0 Å². The second-order valence-electron chi connectivity index (χ2n) is 3.74. The van der Waals surface area contributed by atoms with Crippen molar-refractivity contribution in [3.63, 3.8) is 0 Å². The number of methoxy groups -OCH3 is 1. The predicted molar refractivity (Wildman–Crippen MR) is 62.8 cm³/mol. The molecule has 0 aliphatic rings. The zero-order valence-corrected chi connectivity index (χ0v) is 10.9. The second-order valence-corrected chi connectivity index (χ2v) is 3.74. The van der Waals surface area contributed by atoms with E-state index in [2.05, 4.69) is 0 Å². The van der Waals surface area contributed by atoms with Crippen LogP contribution in [0.1, 0.15) is 33.1 Å². The van der Waals surface area contributed by atoms with Crippen molar-refractivity contribution in [3.05, 3.63) is 0 Å². The molecule has 0 bridgehead atoms. The van der Waals surface area contributed by atoms with Gasteiger partial charge in [-0.05, 0) is 19.8 Å². The van der Waals surface area contributed by atoms with Crippen LogP contribution in [0.2, 0.25) is 0 Å². The third-order valence-electron chi connectivity index (χ3n) is 2.15. The highest BCUT2D eigenvalue weighted by Gasteiger charge is 2.14. The van der Waals surface area contributed by atoms with Crippen molar-refractivity contribution < 1.29 is 23.8 Å². The van der Waals surface area contributed by atoms with E-state index >= 15 is 0 Å². The number of ether oxygens (including phenoxy) is 3. The molecule has 5 heteroatoms. The van der Waals surface area contributed by atoms with Crippen molar-refractivity contribution in [2.45, 2.75) is 39.2 Å². The normalized spacial score (nSPS) is 12.2. The molecule has 0 amide bonds. The minimum Gasteiger partial charge on any atom is -0.456 e. The van der Waals surface area contributed by atoms with Gasteiger partial charge in [0.25, 0.3) is 0 Å². The molecule has 1 atom stereocenters. The van der Waals surface area contributed by atoms with Crippen molar-refractivity contribution in [1.29, 1.82) is 0 Å². The Labute approximate surface area is 102 Å². The Hall–Kier alpha value is -0.940. The number of carbonyl (C=O) groups is 2. The van der Waals surface area contributed by atoms with Gasteiger partial charge in [0.15, 0.2) is 11.9 Å². The van der Waals surface area contributed by atoms with Crippen molar-refractivity contribution >= 4 is 11.8 Å². The summed E-state index contributed by atoms with van der Waals surface area (Å²) in [5, 5.41) is 0. The molecule has 0 aromatic carbocycles. The number of hydrogen-bond acceptors (Lipinski definition) is 5. The smallest absolute Gasteiger partial charge is 0.335 e. The van der Waals surface area contributed by atoms with Gasteiger partial charge in [-0.25, -0.2) is 4.79 Å². The molecule has 0 radical (unpaired) electrons. The fourth-order valence-corrected chi connectivity index (χ4v) is 1.06. The van der Waals surface area contributed by atoms with Gasteiger partial charge < -0.3 is 14.2 Å². The van der Waals surface area contributed by atoms with Crippen molar-refractivity contribution in [1.82, 2.24) is 0 Å². The van der Waals surface area contributed by atoms with Gasteiger partial charge in [-0.15, -0.1) is 0 Å². The standard InChI is InChI=1S/C12H22O5/c1-4-7-16-8-5-6-11(13)9-17-12(14)10(2)15-3/h10H,4-9H2,1-3H3. The van der Waals surface area contributed by atoms with Crippen molar-refractivity contribution in [3.8, 4) is 0 Å². The van der Waals surface area contributed by atoms with Crippen molar-refractivity contribution in [2.75, 3.05) is 26.9 Å². The first-order valence-corrected chi connectivity index (χ1v) is 5.90. The maximum Gasteiger partial charge on any atom is 0.335 e. The van der Waals surface area contributed by atoms with Crippen molar-refractivity contribution in [2.24, 2.45) is 0 Å². The molecule has 0 heterocycles. The summed E-state index contributed by atoms with van der Waals surface area (Å²) in [5.74, 6) is -0.607. The Balaban J connectivity index is 3.49. The summed E-state index contributed by atoms with van der Waals surface area (Å²) in [5.41, 5.74) is 0. The minimum atomic E-state index is -0.629. The summed E-state index contributed by atoms with van der Waals surface area (Å²) in [6, 6.07) is 0. The maximum atomic E-state index is 11.3. The summed E-state index contributed by atoms with van der Waals surface area (Å²) < 4.78 is 14.8. The van der Waals surface area contributed by atoms with Crippen LogP contribution in [0.5, 0.6) is 0 Å². The van der Waals surface area contributed by atoms with Crippen LogP contribution >= 0.6 is 0 Å². The molecule has 1 unspecified atom stereocenters. The van der Waals surface area contributed by atoms with Gasteiger partial charge in [-0.3, -0.25) is 4.79 Å². The highest BCUT2D eigenvalue weighted by molar-refractivity contribution is 5.83. The van der Waals surface area contributed by atoms with Crippen LogP contribution in [-0.4, -0.2) is 44.8 Å². The third kappa shape index (κ3) is 8.83. The Morgan fingerprint density at radius 2 is 1.94 bits per heavy atom. The lowest BCUT2D eigenvalue weighted by Crippen LogP contribution is -2.24. The van der Waals surface area contributed by atoms with Crippen LogP contribution in [0.25, 0.3) is 0 Å². The predicted octanol–water partition coefficient (Wildman–Crippen LogP) is 1.34. The van der Waals surface area contributed by atoms with E-state index in [9.17, 15) is 9.59 Å². The van der Waals surface area contributed by atoms with Crippen LogP contribution in [0.15, 0.2) is 0 Å². The quantitative estimate of drug-likeness (QED) is 0.430. The molecular formula is C12H22O5. The molecular weight excluding hydrogens is 224 g/mol. The lowest BCUT2D eigenvalue weighted by molar-refractivity contribution is -0.157. The molecule has 0 N–H and O–H groups in total. The molecule has 0 saturated carbocycles. The summed E-state index contributed by atoms with van der Waals surface area (Å²) >= 11 is 0. The van der Waals surface area contributed by atoms with Gasteiger partial charge in [-0.1, -0.05) is 6.92 Å². The molecule has 5 nitrogen and oxygen atoms in total. The van der Waals surface area contributed by atoms with Gasteiger partial charge in [0, 0.05) is 26.7 Å². The molecule has 0 rings (SSSR count). The van der Waals surface area contributed by atoms with Gasteiger partial charge in [-0.2, -0.15) is 0 Å². The van der Waals surface area contributed by atoms with E-state index in [1.54, 1.807) is 6.92 Å². The van der Waals surface area contributed by atoms with E-state index in [-0.39, 0.29) is 12.4 Å². The Morgan fingerprint density at radius 3 is 2.53 bits per heavy atom. The van der Waals surface area contributed by atoms with Crippen LogP contribution in [0.3, 0.4) is 0 Å². The number of carbonyl (C=O) groups excluding carboxylic acids is 2. The van der Waals surface area contributed by atoms with E-state index in [4.69, 9.17) is 14.2 Å². The average molecular weight is 246 g/mol. The summed E-state index contributed by atoms with van der Waals surface area (Å²) in [4.78, 5) is 22.5. The third-order valence-corrected chi connectivity index (χ3v) is 2.15. The minimum absolute atomic E-state index is 0.0956. The van der Waals surface area contributed by atoms with Gasteiger partial charge in [0.1, 0.15) is 6.61 Å². The summed E-state index contributed by atoms with van der Waals surface area (Å²) in [6.07, 6.45) is 1.38. The first kappa shape index (κ1) is 16.1. The summed E-state index contributed by atoms with van der Waals surface area (Å²) in [6.45, 7) is 4.71. The van der Waals surface area contributed by atoms with E-state index in [1.165, 1.54) is 7.11 Å². The van der Waals surface area contributed by atoms with Crippen LogP contribution in [0, 0.1) is 0 Å². The van der Waals surface area contributed by atoms with E-state index in [0.29, 0.717) is 26.1 Å².